The maximum absolute atomic E-state index is 13.7. The molecule has 4 nitrogen and oxygen atoms in total. The molecule has 1 aromatic heterocycles. The van der Waals surface area contributed by atoms with Crippen LogP contribution in [0.2, 0.25) is 5.02 Å². The van der Waals surface area contributed by atoms with E-state index in [0.717, 1.165) is 30.4 Å². The van der Waals surface area contributed by atoms with Gasteiger partial charge in [-0.25, -0.2) is 9.37 Å². The van der Waals surface area contributed by atoms with E-state index in [1.165, 1.54) is 31.0 Å². The Morgan fingerprint density at radius 2 is 2.08 bits per heavy atom. The first kappa shape index (κ1) is 17.7. The van der Waals surface area contributed by atoms with E-state index in [9.17, 15) is 9.18 Å². The Morgan fingerprint density at radius 3 is 2.76 bits per heavy atom. The number of benzene rings is 1. The van der Waals surface area contributed by atoms with Crippen molar-refractivity contribution in [2.45, 2.75) is 26.3 Å². The van der Waals surface area contributed by atoms with Crippen molar-refractivity contribution in [1.82, 2.24) is 10.3 Å². The molecule has 0 bridgehead atoms. The minimum Gasteiger partial charge on any atom is -0.357 e. The van der Waals surface area contributed by atoms with E-state index < -0.39 is 11.7 Å². The lowest BCUT2D eigenvalue weighted by Crippen LogP contribution is -2.33. The van der Waals surface area contributed by atoms with Gasteiger partial charge in [-0.05, 0) is 48.6 Å². The molecule has 1 saturated heterocycles. The first-order chi connectivity index (χ1) is 12.0. The lowest BCUT2D eigenvalue weighted by atomic mass is 9.99. The van der Waals surface area contributed by atoms with Crippen LogP contribution in [0.4, 0.5) is 10.2 Å². The fraction of sp³-hybridized carbons (Fsp3) is 0.368. The number of carbonyl (C=O) groups excluding carboxylic acids is 1. The second-order valence-electron chi connectivity index (χ2n) is 6.50. The van der Waals surface area contributed by atoms with Gasteiger partial charge >= 0.3 is 0 Å². The van der Waals surface area contributed by atoms with Crippen LogP contribution < -0.4 is 10.2 Å². The number of halogens is 2. The number of nitrogens with one attached hydrogen (secondary N) is 1. The Hall–Kier alpha value is -2.14. The zero-order chi connectivity index (χ0) is 17.8. The van der Waals surface area contributed by atoms with Crippen LogP contribution in [0.5, 0.6) is 0 Å². The maximum Gasteiger partial charge on any atom is 0.254 e. The van der Waals surface area contributed by atoms with Gasteiger partial charge in [0.05, 0.1) is 5.56 Å². The SMILES string of the molecule is CC1CCN(c2ccc(CNC(=O)c3cc(Cl)ccc3F)cn2)CC1. The Labute approximate surface area is 152 Å². The van der Waals surface area contributed by atoms with E-state index in [0.29, 0.717) is 5.02 Å². The molecular formula is C19H21ClFN3O. The highest BCUT2D eigenvalue weighted by Gasteiger charge is 2.17. The van der Waals surface area contributed by atoms with Gasteiger partial charge in [0.2, 0.25) is 0 Å². The number of rotatable bonds is 4. The van der Waals surface area contributed by atoms with Crippen molar-refractivity contribution < 1.29 is 9.18 Å². The van der Waals surface area contributed by atoms with Crippen LogP contribution in [-0.2, 0) is 6.54 Å². The standard InChI is InChI=1S/C19H21ClFN3O/c1-13-6-8-24(9-7-13)18-5-2-14(11-22-18)12-23-19(25)16-10-15(20)3-4-17(16)21/h2-5,10-11,13H,6-9,12H2,1H3,(H,23,25). The lowest BCUT2D eigenvalue weighted by Gasteiger charge is -2.31. The summed E-state index contributed by atoms with van der Waals surface area (Å²) in [4.78, 5) is 18.9. The Balaban J connectivity index is 1.58. The molecular weight excluding hydrogens is 341 g/mol. The van der Waals surface area contributed by atoms with Gasteiger partial charge in [0.25, 0.3) is 5.91 Å². The molecule has 132 valence electrons. The second kappa shape index (κ2) is 7.83. The zero-order valence-electron chi connectivity index (χ0n) is 14.1. The van der Waals surface area contributed by atoms with Crippen LogP contribution in [-0.4, -0.2) is 24.0 Å². The molecule has 1 aliphatic rings. The van der Waals surface area contributed by atoms with E-state index in [4.69, 9.17) is 11.6 Å². The summed E-state index contributed by atoms with van der Waals surface area (Å²) >= 11 is 5.82. The number of carbonyl (C=O) groups is 1. The van der Waals surface area contributed by atoms with Crippen LogP contribution in [0.3, 0.4) is 0 Å². The molecule has 3 rings (SSSR count). The molecule has 0 saturated carbocycles. The number of hydrogen-bond acceptors (Lipinski definition) is 3. The third kappa shape index (κ3) is 4.48. The summed E-state index contributed by atoms with van der Waals surface area (Å²) in [5.41, 5.74) is 0.810. The summed E-state index contributed by atoms with van der Waals surface area (Å²) in [6, 6.07) is 7.84. The Bertz CT molecular complexity index is 743. The van der Waals surface area contributed by atoms with Crippen LogP contribution in [0.1, 0.15) is 35.7 Å². The highest BCUT2D eigenvalue weighted by atomic mass is 35.5. The fourth-order valence-corrected chi connectivity index (χ4v) is 3.07. The summed E-state index contributed by atoms with van der Waals surface area (Å²) in [6.45, 7) is 4.62. The fourth-order valence-electron chi connectivity index (χ4n) is 2.90. The van der Waals surface area contributed by atoms with Crippen molar-refractivity contribution in [3.8, 4) is 0 Å². The minimum atomic E-state index is -0.588. The average molecular weight is 362 g/mol. The van der Waals surface area contributed by atoms with E-state index in [1.807, 2.05) is 12.1 Å². The van der Waals surface area contributed by atoms with Gasteiger partial charge in [-0.15, -0.1) is 0 Å². The number of amides is 1. The largest absolute Gasteiger partial charge is 0.357 e. The lowest BCUT2D eigenvalue weighted by molar-refractivity contribution is 0.0947. The number of nitrogens with zero attached hydrogens (tertiary/aromatic N) is 2. The van der Waals surface area contributed by atoms with E-state index in [-0.39, 0.29) is 12.1 Å². The highest BCUT2D eigenvalue weighted by Crippen LogP contribution is 2.21. The molecule has 0 aliphatic carbocycles. The van der Waals surface area contributed by atoms with Crippen molar-refractivity contribution in [3.05, 3.63) is 58.5 Å². The average Bonchev–Trinajstić information content (AvgIpc) is 2.63. The number of anilines is 1. The predicted octanol–water partition coefficient (Wildman–Crippen LogP) is 4.04. The van der Waals surface area contributed by atoms with Gasteiger partial charge in [0, 0.05) is 30.9 Å². The highest BCUT2D eigenvalue weighted by molar-refractivity contribution is 6.31. The van der Waals surface area contributed by atoms with Gasteiger partial charge in [-0.3, -0.25) is 4.79 Å². The Morgan fingerprint density at radius 1 is 1.32 bits per heavy atom. The molecule has 0 radical (unpaired) electrons. The molecule has 0 atom stereocenters. The normalized spacial score (nSPS) is 15.2. The quantitative estimate of drug-likeness (QED) is 0.893. The summed E-state index contributed by atoms with van der Waals surface area (Å²) < 4.78 is 13.7. The topological polar surface area (TPSA) is 45.2 Å². The minimum absolute atomic E-state index is 0.0560. The summed E-state index contributed by atoms with van der Waals surface area (Å²) in [5.74, 6) is 0.657. The van der Waals surface area contributed by atoms with Crippen molar-refractivity contribution in [2.24, 2.45) is 5.92 Å². The molecule has 1 fully saturated rings. The molecule has 0 spiro atoms. The molecule has 1 amide bonds. The van der Waals surface area contributed by atoms with Crippen molar-refractivity contribution in [1.29, 1.82) is 0 Å². The second-order valence-corrected chi connectivity index (χ2v) is 6.94. The monoisotopic (exact) mass is 361 g/mol. The first-order valence-electron chi connectivity index (χ1n) is 8.46. The molecule has 1 N–H and O–H groups in total. The predicted molar refractivity (Wildman–Crippen MR) is 97.4 cm³/mol. The van der Waals surface area contributed by atoms with E-state index in [1.54, 1.807) is 6.20 Å². The third-order valence-corrected chi connectivity index (χ3v) is 4.78. The number of pyridine rings is 1. The maximum atomic E-state index is 13.7. The van der Waals surface area contributed by atoms with Gasteiger partial charge < -0.3 is 10.2 Å². The van der Waals surface area contributed by atoms with Crippen LogP contribution >= 0.6 is 11.6 Å². The van der Waals surface area contributed by atoms with Crippen molar-refractivity contribution in [3.63, 3.8) is 0 Å². The third-order valence-electron chi connectivity index (χ3n) is 4.54. The molecule has 0 unspecified atom stereocenters. The first-order valence-corrected chi connectivity index (χ1v) is 8.84. The Kier molecular flexibility index (Phi) is 5.53. The number of hydrogen-bond donors (Lipinski definition) is 1. The van der Waals surface area contributed by atoms with Gasteiger partial charge in [0.15, 0.2) is 0 Å². The smallest absolute Gasteiger partial charge is 0.254 e. The van der Waals surface area contributed by atoms with Crippen LogP contribution in [0.25, 0.3) is 0 Å². The van der Waals surface area contributed by atoms with Crippen LogP contribution in [0, 0.1) is 11.7 Å². The molecule has 1 aromatic carbocycles. The summed E-state index contributed by atoms with van der Waals surface area (Å²) in [6.07, 6.45) is 4.12. The van der Waals surface area contributed by atoms with Crippen molar-refractivity contribution in [2.75, 3.05) is 18.0 Å². The van der Waals surface area contributed by atoms with E-state index >= 15 is 0 Å². The zero-order valence-corrected chi connectivity index (χ0v) is 14.9. The molecule has 2 aromatic rings. The van der Waals surface area contributed by atoms with Crippen LogP contribution in [0.15, 0.2) is 36.5 Å². The van der Waals surface area contributed by atoms with Gasteiger partial charge in [-0.2, -0.15) is 0 Å². The molecule has 6 heteroatoms. The molecule has 2 heterocycles. The molecule has 25 heavy (non-hydrogen) atoms. The molecule has 1 aliphatic heterocycles. The van der Waals surface area contributed by atoms with Gasteiger partial charge in [0.1, 0.15) is 11.6 Å². The summed E-state index contributed by atoms with van der Waals surface area (Å²) in [7, 11) is 0. The summed E-state index contributed by atoms with van der Waals surface area (Å²) in [5, 5.41) is 3.02. The van der Waals surface area contributed by atoms with Crippen molar-refractivity contribution >= 4 is 23.3 Å². The number of piperidine rings is 1. The van der Waals surface area contributed by atoms with Gasteiger partial charge in [-0.1, -0.05) is 24.6 Å². The van der Waals surface area contributed by atoms with E-state index in [2.05, 4.69) is 22.1 Å². The number of aromatic nitrogens is 1.